The van der Waals surface area contributed by atoms with Gasteiger partial charge in [0.25, 0.3) is 5.91 Å². The number of hydrogen-bond donors (Lipinski definition) is 2. The highest BCUT2D eigenvalue weighted by Crippen LogP contribution is 2.30. The molecule has 1 amide bonds. The van der Waals surface area contributed by atoms with Gasteiger partial charge < -0.3 is 19.8 Å². The van der Waals surface area contributed by atoms with Gasteiger partial charge in [-0.2, -0.15) is 0 Å². The second kappa shape index (κ2) is 6.84. The molecule has 1 atom stereocenters. The minimum atomic E-state index is -0.610. The number of nitrogens with zero attached hydrogens (tertiary/aromatic N) is 1. The molecule has 1 aliphatic rings. The van der Waals surface area contributed by atoms with Crippen LogP contribution in [0, 0.1) is 0 Å². The molecule has 2 aromatic carbocycles. The van der Waals surface area contributed by atoms with Crippen LogP contribution in [0.5, 0.6) is 11.5 Å². The number of H-pyrrole nitrogens is 1. The van der Waals surface area contributed by atoms with E-state index < -0.39 is 6.10 Å². The first-order chi connectivity index (χ1) is 12.3. The Labute approximate surface area is 145 Å². The Balaban J connectivity index is 1.25. The second-order valence-electron chi connectivity index (χ2n) is 5.96. The van der Waals surface area contributed by atoms with Gasteiger partial charge in [-0.15, -0.1) is 0 Å². The van der Waals surface area contributed by atoms with E-state index in [2.05, 4.69) is 15.3 Å². The van der Waals surface area contributed by atoms with Crippen LogP contribution in [0.15, 0.2) is 48.5 Å². The van der Waals surface area contributed by atoms with Gasteiger partial charge in [0, 0.05) is 13.0 Å². The summed E-state index contributed by atoms with van der Waals surface area (Å²) >= 11 is 0. The molecular formula is C19H19N3O3. The van der Waals surface area contributed by atoms with Crippen LogP contribution in [0.3, 0.4) is 0 Å². The van der Waals surface area contributed by atoms with Crippen molar-refractivity contribution in [2.24, 2.45) is 0 Å². The van der Waals surface area contributed by atoms with Gasteiger partial charge in [0.05, 0.1) is 11.0 Å². The molecule has 128 valence electrons. The summed E-state index contributed by atoms with van der Waals surface area (Å²) in [6.45, 7) is 0.795. The first kappa shape index (κ1) is 15.5. The highest BCUT2D eigenvalue weighted by atomic mass is 16.6. The summed E-state index contributed by atoms with van der Waals surface area (Å²) in [4.78, 5) is 20.0. The first-order valence-corrected chi connectivity index (χ1v) is 8.39. The number of para-hydroxylation sites is 4. The first-order valence-electron chi connectivity index (χ1n) is 8.39. The van der Waals surface area contributed by atoms with Crippen LogP contribution in [-0.2, 0) is 11.2 Å². The average Bonchev–Trinajstić information content (AvgIpc) is 3.07. The molecule has 6 nitrogen and oxygen atoms in total. The maximum absolute atomic E-state index is 12.2. The molecule has 1 aliphatic heterocycles. The van der Waals surface area contributed by atoms with Gasteiger partial charge in [-0.05, 0) is 30.7 Å². The molecule has 1 unspecified atom stereocenters. The number of amides is 1. The lowest BCUT2D eigenvalue weighted by Crippen LogP contribution is -2.44. The van der Waals surface area contributed by atoms with Crippen molar-refractivity contribution >= 4 is 16.9 Å². The molecule has 0 saturated heterocycles. The minimum Gasteiger partial charge on any atom is -0.485 e. The van der Waals surface area contributed by atoms with Gasteiger partial charge >= 0.3 is 0 Å². The van der Waals surface area contributed by atoms with Crippen LogP contribution in [0.2, 0.25) is 0 Å². The van der Waals surface area contributed by atoms with Crippen molar-refractivity contribution in [1.29, 1.82) is 0 Å². The Bertz CT molecular complexity index is 857. The fourth-order valence-corrected chi connectivity index (χ4v) is 2.85. The van der Waals surface area contributed by atoms with E-state index in [1.165, 1.54) is 0 Å². The number of hydrogen-bond acceptors (Lipinski definition) is 4. The third-order valence-electron chi connectivity index (χ3n) is 4.13. The Morgan fingerprint density at radius 3 is 2.84 bits per heavy atom. The minimum absolute atomic E-state index is 0.154. The van der Waals surface area contributed by atoms with E-state index in [9.17, 15) is 4.79 Å². The number of benzene rings is 2. The van der Waals surface area contributed by atoms with Gasteiger partial charge in [0.1, 0.15) is 12.4 Å². The van der Waals surface area contributed by atoms with Gasteiger partial charge in [-0.25, -0.2) is 4.98 Å². The molecule has 25 heavy (non-hydrogen) atoms. The fourth-order valence-electron chi connectivity index (χ4n) is 2.85. The molecule has 2 heterocycles. The summed E-state index contributed by atoms with van der Waals surface area (Å²) < 4.78 is 11.3. The van der Waals surface area contributed by atoms with Crippen molar-refractivity contribution in [3.8, 4) is 11.5 Å². The smallest absolute Gasteiger partial charge is 0.264 e. The van der Waals surface area contributed by atoms with Crippen molar-refractivity contribution in [3.63, 3.8) is 0 Å². The topological polar surface area (TPSA) is 76.2 Å². The second-order valence-corrected chi connectivity index (χ2v) is 5.96. The molecule has 0 saturated carbocycles. The highest BCUT2D eigenvalue weighted by molar-refractivity contribution is 5.81. The third kappa shape index (κ3) is 3.42. The van der Waals surface area contributed by atoms with Crippen LogP contribution in [0.4, 0.5) is 0 Å². The summed E-state index contributed by atoms with van der Waals surface area (Å²) in [5.41, 5.74) is 2.00. The summed E-state index contributed by atoms with van der Waals surface area (Å²) in [5.74, 6) is 2.06. The highest BCUT2D eigenvalue weighted by Gasteiger charge is 2.26. The fraction of sp³-hybridized carbons (Fsp3) is 0.263. The maximum Gasteiger partial charge on any atom is 0.264 e. The largest absolute Gasteiger partial charge is 0.485 e. The van der Waals surface area contributed by atoms with E-state index in [1.807, 2.05) is 42.5 Å². The lowest BCUT2D eigenvalue weighted by molar-refractivity contribution is -0.130. The number of rotatable bonds is 5. The number of imidazole rings is 1. The molecule has 0 radical (unpaired) electrons. The zero-order valence-corrected chi connectivity index (χ0v) is 13.7. The summed E-state index contributed by atoms with van der Waals surface area (Å²) in [7, 11) is 0. The normalized spacial score (nSPS) is 15.9. The van der Waals surface area contributed by atoms with Crippen molar-refractivity contribution in [2.75, 3.05) is 13.2 Å². The summed E-state index contributed by atoms with van der Waals surface area (Å²) in [6, 6.07) is 15.3. The Morgan fingerprint density at radius 1 is 1.16 bits per heavy atom. The van der Waals surface area contributed by atoms with E-state index >= 15 is 0 Å². The van der Waals surface area contributed by atoms with Gasteiger partial charge in [0.15, 0.2) is 11.5 Å². The molecule has 6 heteroatoms. The molecule has 0 spiro atoms. The molecule has 4 rings (SSSR count). The number of aromatic nitrogens is 2. The van der Waals surface area contributed by atoms with Crippen LogP contribution < -0.4 is 14.8 Å². The van der Waals surface area contributed by atoms with E-state index in [1.54, 1.807) is 6.07 Å². The van der Waals surface area contributed by atoms with Crippen molar-refractivity contribution in [2.45, 2.75) is 18.9 Å². The van der Waals surface area contributed by atoms with Crippen LogP contribution >= 0.6 is 0 Å². The monoisotopic (exact) mass is 337 g/mol. The molecule has 3 aromatic rings. The Morgan fingerprint density at radius 2 is 1.96 bits per heavy atom. The number of fused-ring (bicyclic) bond motifs is 2. The zero-order valence-electron chi connectivity index (χ0n) is 13.7. The van der Waals surface area contributed by atoms with Crippen molar-refractivity contribution in [3.05, 3.63) is 54.4 Å². The molecule has 1 aromatic heterocycles. The SMILES string of the molecule is O=C(NCCCc1nc2ccccc2[nH]1)C1COc2ccccc2O1. The standard InChI is InChI=1S/C19H19N3O3/c23-19(17-12-24-15-8-3-4-9-16(15)25-17)20-11-5-10-18-21-13-6-1-2-7-14(13)22-18/h1-4,6-9,17H,5,10-12H2,(H,20,23)(H,21,22). The molecular weight excluding hydrogens is 318 g/mol. The van der Waals surface area contributed by atoms with E-state index in [0.29, 0.717) is 18.0 Å². The number of ether oxygens (including phenoxy) is 2. The Hall–Kier alpha value is -3.02. The van der Waals surface area contributed by atoms with Gasteiger partial charge in [0.2, 0.25) is 6.10 Å². The average molecular weight is 337 g/mol. The van der Waals surface area contributed by atoms with Crippen molar-refractivity contribution < 1.29 is 14.3 Å². The summed E-state index contributed by atoms with van der Waals surface area (Å²) in [6.07, 6.45) is 0.969. The molecule has 0 bridgehead atoms. The van der Waals surface area contributed by atoms with E-state index in [-0.39, 0.29) is 12.5 Å². The number of carbonyl (C=O) groups is 1. The lowest BCUT2D eigenvalue weighted by Gasteiger charge is -2.25. The summed E-state index contributed by atoms with van der Waals surface area (Å²) in [5, 5.41) is 2.90. The molecule has 0 aliphatic carbocycles. The van der Waals surface area contributed by atoms with Crippen molar-refractivity contribution in [1.82, 2.24) is 15.3 Å². The number of nitrogens with one attached hydrogen (secondary N) is 2. The maximum atomic E-state index is 12.2. The van der Waals surface area contributed by atoms with Crippen LogP contribution in [0.1, 0.15) is 12.2 Å². The van der Waals surface area contributed by atoms with Gasteiger partial charge in [-0.3, -0.25) is 4.79 Å². The number of aromatic amines is 1. The molecule has 0 fully saturated rings. The predicted octanol–water partition coefficient (Wildman–Crippen LogP) is 2.45. The number of carbonyl (C=O) groups excluding carboxylic acids is 1. The van der Waals surface area contributed by atoms with Crippen LogP contribution in [-0.4, -0.2) is 35.1 Å². The lowest BCUT2D eigenvalue weighted by atomic mass is 10.2. The molecule has 2 N–H and O–H groups in total. The van der Waals surface area contributed by atoms with Gasteiger partial charge in [-0.1, -0.05) is 24.3 Å². The van der Waals surface area contributed by atoms with E-state index in [0.717, 1.165) is 29.7 Å². The predicted molar refractivity (Wildman–Crippen MR) is 93.8 cm³/mol. The quantitative estimate of drug-likeness (QED) is 0.701. The third-order valence-corrected chi connectivity index (χ3v) is 4.13. The zero-order chi connectivity index (χ0) is 17.1. The van der Waals surface area contributed by atoms with Crippen LogP contribution in [0.25, 0.3) is 11.0 Å². The Kier molecular flexibility index (Phi) is 4.24. The van der Waals surface area contributed by atoms with E-state index in [4.69, 9.17) is 9.47 Å². The number of aryl methyl sites for hydroxylation is 1.